The molecule has 5 nitrogen and oxygen atoms in total. The van der Waals surface area contributed by atoms with E-state index < -0.39 is 5.97 Å². The van der Waals surface area contributed by atoms with Gasteiger partial charge >= 0.3 is 5.97 Å². The predicted octanol–water partition coefficient (Wildman–Crippen LogP) is 2.89. The minimum atomic E-state index is -0.535. The fraction of sp³-hybridized carbons (Fsp3) is 0.375. The van der Waals surface area contributed by atoms with Gasteiger partial charge in [-0.1, -0.05) is 28.1 Å². The third-order valence-electron chi connectivity index (χ3n) is 3.44. The summed E-state index contributed by atoms with van der Waals surface area (Å²) < 4.78 is 10.4. The number of thiol groups is 1. The van der Waals surface area contributed by atoms with E-state index in [-0.39, 0.29) is 28.4 Å². The zero-order chi connectivity index (χ0) is 17.1. The molecule has 0 aliphatic carbocycles. The topological polar surface area (TPSA) is 55.8 Å². The second-order valence-electron chi connectivity index (χ2n) is 5.30. The average Bonchev–Trinajstić information content (AvgIpc) is 2.56. The summed E-state index contributed by atoms with van der Waals surface area (Å²) in [6.07, 6.45) is 0. The van der Waals surface area contributed by atoms with Crippen molar-refractivity contribution in [3.8, 4) is 5.75 Å². The predicted molar refractivity (Wildman–Crippen MR) is 93.5 cm³/mol. The molecule has 1 aromatic rings. The van der Waals surface area contributed by atoms with E-state index in [9.17, 15) is 9.59 Å². The van der Waals surface area contributed by atoms with Crippen molar-refractivity contribution in [3.63, 3.8) is 0 Å². The number of hydrogen-bond acceptors (Lipinski definition) is 5. The lowest BCUT2D eigenvalue weighted by atomic mass is 10.1. The summed E-state index contributed by atoms with van der Waals surface area (Å²) in [6.45, 7) is 3.65. The summed E-state index contributed by atoms with van der Waals surface area (Å²) in [6, 6.07) is 7.23. The third-order valence-corrected chi connectivity index (χ3v) is 5.27. The van der Waals surface area contributed by atoms with Gasteiger partial charge in [0.05, 0.1) is 7.11 Å². The van der Waals surface area contributed by atoms with Gasteiger partial charge in [-0.2, -0.15) is 12.6 Å². The number of alkyl halides is 1. The highest BCUT2D eigenvalue weighted by Crippen LogP contribution is 2.34. The Morgan fingerprint density at radius 2 is 1.91 bits per heavy atom. The number of halogens is 1. The zero-order valence-electron chi connectivity index (χ0n) is 13.1. The highest BCUT2D eigenvalue weighted by Gasteiger charge is 2.47. The van der Waals surface area contributed by atoms with Gasteiger partial charge in [0.15, 0.2) is 0 Å². The van der Waals surface area contributed by atoms with Crippen molar-refractivity contribution in [2.75, 3.05) is 7.11 Å². The zero-order valence-corrected chi connectivity index (χ0v) is 15.6. The number of nitrogens with zero attached hydrogens (tertiary/aromatic N) is 1. The first-order valence-corrected chi connectivity index (χ1v) is 8.42. The summed E-state index contributed by atoms with van der Waals surface area (Å²) in [5, 5.41) is -0.374. The first-order chi connectivity index (χ1) is 10.9. The number of hydrogen-bond donors (Lipinski definition) is 1. The molecular weight excluding hydrogens is 382 g/mol. The molecule has 0 bridgehead atoms. The summed E-state index contributed by atoms with van der Waals surface area (Å²) >= 11 is 7.56. The van der Waals surface area contributed by atoms with Crippen molar-refractivity contribution in [2.24, 2.45) is 0 Å². The van der Waals surface area contributed by atoms with E-state index in [2.05, 4.69) is 28.6 Å². The van der Waals surface area contributed by atoms with Crippen molar-refractivity contribution in [2.45, 2.75) is 30.7 Å². The normalized spacial score (nSPS) is 19.9. The largest absolute Gasteiger partial charge is 0.497 e. The summed E-state index contributed by atoms with van der Waals surface area (Å²) in [7, 11) is 1.59. The van der Waals surface area contributed by atoms with Gasteiger partial charge in [0.2, 0.25) is 5.91 Å². The van der Waals surface area contributed by atoms with Gasteiger partial charge in [-0.3, -0.25) is 9.69 Å². The van der Waals surface area contributed by atoms with Crippen molar-refractivity contribution in [1.29, 1.82) is 0 Å². The molecule has 1 aliphatic heterocycles. The summed E-state index contributed by atoms with van der Waals surface area (Å²) in [4.78, 5) is 25.3. The smallest absolute Gasteiger partial charge is 0.355 e. The molecule has 0 radical (unpaired) electrons. The Morgan fingerprint density at radius 1 is 1.30 bits per heavy atom. The molecule has 1 aromatic carbocycles. The molecule has 0 N–H and O–H groups in total. The number of carbonyl (C=O) groups is 2. The van der Waals surface area contributed by atoms with Crippen molar-refractivity contribution < 1.29 is 19.1 Å². The second kappa shape index (κ2) is 7.40. The lowest BCUT2D eigenvalue weighted by Gasteiger charge is -2.42. The highest BCUT2D eigenvalue weighted by molar-refractivity contribution is 9.10. The molecule has 1 saturated heterocycles. The van der Waals surface area contributed by atoms with E-state index in [1.807, 2.05) is 12.1 Å². The monoisotopic (exact) mass is 399 g/mol. The van der Waals surface area contributed by atoms with E-state index in [0.717, 1.165) is 11.3 Å². The number of rotatable bonds is 5. The van der Waals surface area contributed by atoms with E-state index in [1.54, 1.807) is 33.1 Å². The maximum absolute atomic E-state index is 12.4. The number of benzene rings is 1. The molecular formula is C16H18BrNO4S. The Hall–Kier alpha value is -1.47. The quantitative estimate of drug-likeness (QED) is 0.272. The van der Waals surface area contributed by atoms with Crippen LogP contribution in [0.2, 0.25) is 0 Å². The first kappa shape index (κ1) is 17.9. The van der Waals surface area contributed by atoms with Crippen molar-refractivity contribution in [1.82, 2.24) is 4.90 Å². The molecule has 23 heavy (non-hydrogen) atoms. The van der Waals surface area contributed by atoms with Crippen LogP contribution in [0, 0.1) is 0 Å². The maximum atomic E-state index is 12.4. The molecule has 0 aromatic heterocycles. The van der Waals surface area contributed by atoms with Crippen molar-refractivity contribution in [3.05, 3.63) is 41.1 Å². The molecule has 0 spiro atoms. The van der Waals surface area contributed by atoms with Gasteiger partial charge in [0.25, 0.3) is 0 Å². The van der Waals surface area contributed by atoms with Crippen LogP contribution in [0.15, 0.2) is 35.5 Å². The Bertz CT molecular complexity index is 640. The molecule has 7 heteroatoms. The fourth-order valence-electron chi connectivity index (χ4n) is 2.16. The molecule has 1 heterocycles. The number of allylic oxidation sites excluding steroid dienone is 1. The van der Waals surface area contributed by atoms with E-state index in [4.69, 9.17) is 9.47 Å². The fourth-order valence-corrected chi connectivity index (χ4v) is 2.98. The van der Waals surface area contributed by atoms with Crippen LogP contribution in [0.1, 0.15) is 19.4 Å². The molecule has 1 amide bonds. The van der Waals surface area contributed by atoms with E-state index in [0.29, 0.717) is 5.57 Å². The SMILES string of the molecule is COc1ccc(COC(=O)C(=C(C)C)N2C(=O)[C@H](Br)[C@H]2S)cc1. The summed E-state index contributed by atoms with van der Waals surface area (Å²) in [5.41, 5.74) is 1.79. The van der Waals surface area contributed by atoms with Crippen LogP contribution in [-0.4, -0.2) is 34.1 Å². The molecule has 0 saturated carbocycles. The van der Waals surface area contributed by atoms with Crippen LogP contribution in [-0.2, 0) is 20.9 Å². The second-order valence-corrected chi connectivity index (χ2v) is 6.81. The average molecular weight is 400 g/mol. The Kier molecular flexibility index (Phi) is 5.75. The Balaban J connectivity index is 2.05. The van der Waals surface area contributed by atoms with Gasteiger partial charge in [-0.25, -0.2) is 4.79 Å². The number of esters is 1. The molecule has 2 rings (SSSR count). The molecule has 1 aliphatic rings. The van der Waals surface area contributed by atoms with Gasteiger partial charge in [-0.15, -0.1) is 0 Å². The van der Waals surface area contributed by atoms with Gasteiger partial charge in [-0.05, 0) is 37.1 Å². The Labute approximate surface area is 149 Å². The van der Waals surface area contributed by atoms with E-state index in [1.165, 1.54) is 4.90 Å². The maximum Gasteiger partial charge on any atom is 0.355 e. The van der Waals surface area contributed by atoms with Crippen LogP contribution in [0.5, 0.6) is 5.75 Å². The molecule has 2 atom stereocenters. The third kappa shape index (κ3) is 3.72. The lowest BCUT2D eigenvalue weighted by Crippen LogP contribution is -2.59. The lowest BCUT2D eigenvalue weighted by molar-refractivity contribution is -0.149. The number of likely N-dealkylation sites (tertiary alicyclic amines) is 1. The van der Waals surface area contributed by atoms with Crippen LogP contribution in [0.3, 0.4) is 0 Å². The van der Waals surface area contributed by atoms with Crippen molar-refractivity contribution >= 4 is 40.4 Å². The van der Waals surface area contributed by atoms with Gasteiger partial charge in [0.1, 0.15) is 28.3 Å². The van der Waals surface area contributed by atoms with Crippen LogP contribution < -0.4 is 4.74 Å². The van der Waals surface area contributed by atoms with Crippen LogP contribution in [0.4, 0.5) is 0 Å². The van der Waals surface area contributed by atoms with Gasteiger partial charge in [0, 0.05) is 0 Å². The van der Waals surface area contributed by atoms with Crippen LogP contribution >= 0.6 is 28.6 Å². The minimum absolute atomic E-state index is 0.122. The van der Waals surface area contributed by atoms with Crippen LogP contribution in [0.25, 0.3) is 0 Å². The minimum Gasteiger partial charge on any atom is -0.497 e. The Morgan fingerprint density at radius 3 is 2.39 bits per heavy atom. The number of ether oxygens (including phenoxy) is 2. The molecule has 124 valence electrons. The number of carbonyl (C=O) groups excluding carboxylic acids is 2. The summed E-state index contributed by atoms with van der Waals surface area (Å²) in [5.74, 6) is 0.00716. The first-order valence-electron chi connectivity index (χ1n) is 6.99. The van der Waals surface area contributed by atoms with Gasteiger partial charge < -0.3 is 9.47 Å². The molecule has 1 fully saturated rings. The number of β-lactam (4-membered cyclic amide) rings is 1. The standard InChI is InChI=1S/C16H18BrNO4S/c1-9(2)13(18-14(19)12(17)15(18)23)16(20)22-8-10-4-6-11(21-3)7-5-10/h4-7,12,15,23H,8H2,1-3H3/t12-,15+/m0/s1. The number of amides is 1. The molecule has 0 unspecified atom stereocenters. The van der Waals surface area contributed by atoms with E-state index >= 15 is 0 Å². The highest BCUT2D eigenvalue weighted by atomic mass is 79.9. The number of methoxy groups -OCH3 is 1.